The Morgan fingerprint density at radius 1 is 0.738 bits per heavy atom. The number of carboxylic acids is 2. The second-order valence-corrected chi connectivity index (χ2v) is 14.6. The average Bonchev–Trinajstić information content (AvgIpc) is 3.25. The summed E-state index contributed by atoms with van der Waals surface area (Å²) >= 11 is 0. The van der Waals surface area contributed by atoms with Crippen LogP contribution in [-0.2, 0) is 42.9 Å². The summed E-state index contributed by atoms with van der Waals surface area (Å²) in [6, 6.07) is 8.29. The zero-order chi connectivity index (χ0) is 48.0. The number of aromatic hydroxyl groups is 6. The first-order valence-corrected chi connectivity index (χ1v) is 19.0. The number of ether oxygens (including phenoxy) is 4. The van der Waals surface area contributed by atoms with E-state index >= 15 is 0 Å². The summed E-state index contributed by atoms with van der Waals surface area (Å²) in [6.45, 7) is -2.35. The lowest BCUT2D eigenvalue weighted by Gasteiger charge is -2.39. The number of benzene rings is 3. The van der Waals surface area contributed by atoms with Crippen LogP contribution in [0.15, 0.2) is 72.0 Å². The normalized spacial score (nSPS) is 21.5. The van der Waals surface area contributed by atoms with Crippen molar-refractivity contribution in [1.82, 2.24) is 0 Å². The summed E-state index contributed by atoms with van der Waals surface area (Å²) in [4.78, 5) is 66.3. The van der Waals surface area contributed by atoms with Crippen molar-refractivity contribution in [2.75, 3.05) is 13.2 Å². The van der Waals surface area contributed by atoms with Gasteiger partial charge in [0.05, 0.1) is 31.1 Å². The molecule has 14 N–H and O–H groups in total. The third-order valence-corrected chi connectivity index (χ3v) is 10.2. The van der Waals surface area contributed by atoms with E-state index in [4.69, 9.17) is 18.9 Å². The standard InChI is InChI=1S/C42H42O23/c43-14-28(52)36(57)37(27(51)12-32(54)55)65-41(60)20-8-18-10-25(49)26(50)11-19(18)34(17-3-5-22(46)24(48)9-17)35(20)42(61)63-30-13-31(40(58)59)62-38(29(53)15-44)39(30)64-33(56)6-2-16-1-4-21(45)23(47)7-16/h1-11,13,27-30,34-39,43-53,57H,12,14-15H2,(H,54,55)(H,58,59)/b6-2+/t27?,28?,29?,30-,34-,35?,36?,37?,38-,39-/m1/s1. The molecule has 0 radical (unpaired) electrons. The first-order chi connectivity index (χ1) is 30.6. The Bertz CT molecular complexity index is 2400. The number of fused-ring (bicyclic) bond motifs is 1. The molecular weight excluding hydrogens is 872 g/mol. The lowest BCUT2D eigenvalue weighted by Crippen LogP contribution is -2.54. The number of carboxylic acid groups (broad SMARTS) is 2. The van der Waals surface area contributed by atoms with Crippen LogP contribution in [0, 0.1) is 5.92 Å². The van der Waals surface area contributed by atoms with Crippen molar-refractivity contribution < 1.29 is 114 Å². The molecule has 6 unspecified atom stereocenters. The molecule has 0 amide bonds. The molecule has 3 aromatic carbocycles. The Kier molecular flexibility index (Phi) is 15.3. The monoisotopic (exact) mass is 914 g/mol. The van der Waals surface area contributed by atoms with Gasteiger partial charge in [-0.3, -0.25) is 9.59 Å². The van der Waals surface area contributed by atoms with Gasteiger partial charge in [0, 0.05) is 18.1 Å². The fourth-order valence-corrected chi connectivity index (χ4v) is 7.00. The minimum Gasteiger partial charge on any atom is -0.504 e. The van der Waals surface area contributed by atoms with Gasteiger partial charge in [0.25, 0.3) is 0 Å². The number of aliphatic hydroxyl groups is 6. The van der Waals surface area contributed by atoms with E-state index in [1.807, 2.05) is 0 Å². The summed E-state index contributed by atoms with van der Waals surface area (Å²) in [5, 5.41) is 142. The summed E-state index contributed by atoms with van der Waals surface area (Å²) in [6.07, 6.45) is -15.3. The van der Waals surface area contributed by atoms with Crippen LogP contribution in [0.2, 0.25) is 0 Å². The van der Waals surface area contributed by atoms with E-state index < -0.39 is 156 Å². The lowest BCUT2D eigenvalue weighted by molar-refractivity contribution is -0.189. The highest BCUT2D eigenvalue weighted by molar-refractivity contribution is 6.02. The van der Waals surface area contributed by atoms with Crippen LogP contribution in [0.1, 0.15) is 34.6 Å². The Balaban J connectivity index is 1.67. The van der Waals surface area contributed by atoms with Crippen molar-refractivity contribution in [2.24, 2.45) is 5.92 Å². The maximum atomic E-state index is 14.9. The number of carbonyl (C=O) groups is 5. The number of hydrogen-bond acceptors (Lipinski definition) is 21. The lowest BCUT2D eigenvalue weighted by atomic mass is 9.71. The molecule has 348 valence electrons. The van der Waals surface area contributed by atoms with Crippen LogP contribution < -0.4 is 0 Å². The van der Waals surface area contributed by atoms with Crippen LogP contribution in [0.5, 0.6) is 34.5 Å². The topological polar surface area (TPSA) is 405 Å². The Hall–Kier alpha value is -7.41. The van der Waals surface area contributed by atoms with Crippen molar-refractivity contribution >= 4 is 42.0 Å². The van der Waals surface area contributed by atoms with Crippen molar-refractivity contribution in [3.8, 4) is 34.5 Å². The number of hydrogen-bond donors (Lipinski definition) is 14. The van der Waals surface area contributed by atoms with Gasteiger partial charge in [0.15, 0.2) is 58.9 Å². The van der Waals surface area contributed by atoms with Gasteiger partial charge in [-0.1, -0.05) is 12.1 Å². The van der Waals surface area contributed by atoms with Gasteiger partial charge in [-0.15, -0.1) is 0 Å². The molecule has 1 heterocycles. The van der Waals surface area contributed by atoms with Crippen LogP contribution in [0.3, 0.4) is 0 Å². The maximum Gasteiger partial charge on any atom is 0.370 e. The molecule has 1 aliphatic carbocycles. The van der Waals surface area contributed by atoms with Gasteiger partial charge < -0.3 is 90.4 Å². The van der Waals surface area contributed by atoms with Crippen molar-refractivity contribution in [3.63, 3.8) is 0 Å². The van der Waals surface area contributed by atoms with E-state index in [0.29, 0.717) is 6.08 Å². The smallest absolute Gasteiger partial charge is 0.370 e. The first-order valence-electron chi connectivity index (χ1n) is 19.0. The molecule has 23 heteroatoms. The highest BCUT2D eigenvalue weighted by Gasteiger charge is 2.49. The molecule has 0 bridgehead atoms. The summed E-state index contributed by atoms with van der Waals surface area (Å²) in [5.41, 5.74) is -1.11. The second-order valence-electron chi connectivity index (χ2n) is 14.6. The SMILES string of the molecule is O=C(O)CC(O)C(OC(=O)C1=Cc2cc(O)c(O)cc2[C@@H](c2ccc(O)c(O)c2)C1C(=O)O[C@@H]1C=C(C(=O)O)O[C@H](C(O)CO)[C@@H]1OC(=O)/C=C/c1ccc(O)c(O)c1)C(O)C(O)CO. The van der Waals surface area contributed by atoms with Gasteiger partial charge in [-0.25, -0.2) is 14.4 Å². The molecule has 2 aliphatic rings. The van der Waals surface area contributed by atoms with Crippen molar-refractivity contribution in [2.45, 2.75) is 61.2 Å². The van der Waals surface area contributed by atoms with E-state index in [9.17, 15) is 95.5 Å². The molecule has 23 nitrogen and oxygen atoms in total. The van der Waals surface area contributed by atoms with Gasteiger partial charge >= 0.3 is 29.8 Å². The number of phenolic OH excluding ortho intramolecular Hbond substituents is 6. The van der Waals surface area contributed by atoms with Gasteiger partial charge in [0.1, 0.15) is 24.4 Å². The molecule has 0 spiro atoms. The summed E-state index contributed by atoms with van der Waals surface area (Å²) < 4.78 is 21.9. The van der Waals surface area contributed by atoms with Gasteiger partial charge in [-0.05, 0) is 70.8 Å². The molecule has 3 aromatic rings. The van der Waals surface area contributed by atoms with Crippen LogP contribution in [0.25, 0.3) is 12.2 Å². The van der Waals surface area contributed by atoms with E-state index in [-0.39, 0.29) is 22.3 Å². The van der Waals surface area contributed by atoms with Crippen LogP contribution in [-0.4, -0.2) is 163 Å². The van der Waals surface area contributed by atoms with Crippen LogP contribution >= 0.6 is 0 Å². The molecular formula is C42H42O23. The minimum atomic E-state index is -2.38. The Labute approximate surface area is 365 Å². The minimum absolute atomic E-state index is 0.113. The van der Waals surface area contributed by atoms with E-state index in [0.717, 1.165) is 60.7 Å². The number of esters is 3. The van der Waals surface area contributed by atoms with Crippen molar-refractivity contribution in [3.05, 3.63) is 94.3 Å². The summed E-state index contributed by atoms with van der Waals surface area (Å²) in [7, 11) is 0. The summed E-state index contributed by atoms with van der Waals surface area (Å²) in [5.74, 6) is -17.0. The van der Waals surface area contributed by atoms with E-state index in [1.54, 1.807) is 0 Å². The molecule has 0 fully saturated rings. The molecule has 0 aromatic heterocycles. The molecule has 10 atom stereocenters. The molecule has 0 saturated heterocycles. The Morgan fingerprint density at radius 3 is 1.97 bits per heavy atom. The van der Waals surface area contributed by atoms with E-state index in [1.165, 1.54) is 6.07 Å². The van der Waals surface area contributed by atoms with Gasteiger partial charge in [-0.2, -0.15) is 0 Å². The third-order valence-electron chi connectivity index (χ3n) is 10.2. The quantitative estimate of drug-likeness (QED) is 0.0327. The first kappa shape index (κ1) is 48.6. The number of phenols is 6. The predicted molar refractivity (Wildman–Crippen MR) is 212 cm³/mol. The fourth-order valence-electron chi connectivity index (χ4n) is 7.00. The zero-order valence-electron chi connectivity index (χ0n) is 33.3. The predicted octanol–water partition coefficient (Wildman–Crippen LogP) is -1.22. The van der Waals surface area contributed by atoms with Crippen molar-refractivity contribution in [1.29, 1.82) is 0 Å². The average molecular weight is 915 g/mol. The zero-order valence-corrected chi connectivity index (χ0v) is 33.3. The number of aliphatic carboxylic acids is 2. The van der Waals surface area contributed by atoms with Crippen LogP contribution in [0.4, 0.5) is 0 Å². The Morgan fingerprint density at radius 2 is 1.37 bits per heavy atom. The number of rotatable bonds is 17. The largest absolute Gasteiger partial charge is 0.504 e. The highest BCUT2D eigenvalue weighted by atomic mass is 16.6. The highest BCUT2D eigenvalue weighted by Crippen LogP contribution is 2.48. The van der Waals surface area contributed by atoms with E-state index in [2.05, 4.69) is 0 Å². The van der Waals surface area contributed by atoms with Gasteiger partial charge in [0.2, 0.25) is 5.76 Å². The number of aliphatic hydroxyl groups excluding tert-OH is 6. The molecule has 5 rings (SSSR count). The fraction of sp³-hybridized carbons (Fsp3) is 0.310. The number of carbonyl (C=O) groups excluding carboxylic acids is 3. The second kappa shape index (κ2) is 20.4. The third kappa shape index (κ3) is 11.0. The molecule has 65 heavy (non-hydrogen) atoms. The molecule has 1 aliphatic heterocycles. The maximum absolute atomic E-state index is 14.9. The molecule has 0 saturated carbocycles.